The number of unbranched alkanes of at least 4 members (excludes halogenated alkanes) is 7. The molecule has 1 N–H and O–H groups in total. The van der Waals surface area contributed by atoms with Gasteiger partial charge in [0.2, 0.25) is 0 Å². The summed E-state index contributed by atoms with van der Waals surface area (Å²) in [5.41, 5.74) is 2.31. The van der Waals surface area contributed by atoms with Crippen molar-refractivity contribution in [2.75, 3.05) is 6.61 Å². The van der Waals surface area contributed by atoms with Gasteiger partial charge in [-0.25, -0.2) is 0 Å². The van der Waals surface area contributed by atoms with Crippen LogP contribution in [0.1, 0.15) is 81.9 Å². The number of hydrogen-bond donors (Lipinski definition) is 1. The third-order valence-corrected chi connectivity index (χ3v) is 4.43. The number of rotatable bonds is 10. The molecule has 0 fully saturated rings. The Labute approximate surface area is 129 Å². The minimum Gasteiger partial charge on any atom is -0.493 e. The molecule has 1 unspecified atom stereocenters. The Balaban J connectivity index is 1.60. The van der Waals surface area contributed by atoms with Gasteiger partial charge in [-0.2, -0.15) is 0 Å². The monoisotopic (exact) mass is 290 g/mol. The maximum atomic E-state index is 10.3. The third kappa shape index (κ3) is 5.35. The van der Waals surface area contributed by atoms with Crippen molar-refractivity contribution in [2.45, 2.75) is 77.2 Å². The van der Waals surface area contributed by atoms with E-state index >= 15 is 0 Å². The van der Waals surface area contributed by atoms with Crippen LogP contribution in [0.4, 0.5) is 0 Å². The van der Waals surface area contributed by atoms with Gasteiger partial charge in [0.15, 0.2) is 0 Å². The van der Waals surface area contributed by atoms with Gasteiger partial charge >= 0.3 is 0 Å². The fourth-order valence-electron chi connectivity index (χ4n) is 3.05. The Bertz CT molecular complexity index is 414. The van der Waals surface area contributed by atoms with Crippen molar-refractivity contribution >= 4 is 0 Å². The molecule has 0 aromatic heterocycles. The van der Waals surface area contributed by atoms with Crippen LogP contribution in [0, 0.1) is 0 Å². The van der Waals surface area contributed by atoms with Crippen LogP contribution in [-0.2, 0) is 6.42 Å². The second-order valence-electron chi connectivity index (χ2n) is 6.24. The number of hydrogen-bond acceptors (Lipinski definition) is 2. The molecule has 0 aliphatic carbocycles. The fraction of sp³-hybridized carbons (Fsp3) is 0.684. The molecule has 1 aliphatic heterocycles. The van der Waals surface area contributed by atoms with Gasteiger partial charge in [-0.15, -0.1) is 0 Å². The maximum Gasteiger partial charge on any atom is 0.122 e. The van der Waals surface area contributed by atoms with Gasteiger partial charge < -0.3 is 9.84 Å². The minimum atomic E-state index is -0.309. The highest BCUT2D eigenvalue weighted by molar-refractivity contribution is 5.40. The van der Waals surface area contributed by atoms with E-state index in [0.29, 0.717) is 0 Å². The first-order valence-corrected chi connectivity index (χ1v) is 8.75. The highest BCUT2D eigenvalue weighted by Gasteiger charge is 2.15. The molecule has 21 heavy (non-hydrogen) atoms. The molecule has 1 aromatic carbocycles. The van der Waals surface area contributed by atoms with E-state index in [1.807, 2.05) is 12.1 Å². The fourth-order valence-corrected chi connectivity index (χ4v) is 3.05. The third-order valence-electron chi connectivity index (χ3n) is 4.43. The zero-order valence-electron chi connectivity index (χ0n) is 13.4. The van der Waals surface area contributed by atoms with E-state index in [2.05, 4.69) is 13.0 Å². The van der Waals surface area contributed by atoms with E-state index in [9.17, 15) is 5.11 Å². The average molecular weight is 290 g/mol. The van der Waals surface area contributed by atoms with Gasteiger partial charge in [-0.1, -0.05) is 64.4 Å². The van der Waals surface area contributed by atoms with Gasteiger partial charge in [0.05, 0.1) is 12.7 Å². The Morgan fingerprint density at radius 1 is 1.05 bits per heavy atom. The number of aliphatic hydroxyl groups excluding tert-OH is 1. The summed E-state index contributed by atoms with van der Waals surface area (Å²) < 4.78 is 5.50. The number of aliphatic hydroxyl groups is 1. The lowest BCUT2D eigenvalue weighted by molar-refractivity contribution is 0.163. The van der Waals surface area contributed by atoms with Crippen molar-refractivity contribution in [1.82, 2.24) is 0 Å². The molecule has 0 bridgehead atoms. The molecular weight excluding hydrogens is 260 g/mol. The molecule has 0 saturated heterocycles. The van der Waals surface area contributed by atoms with Gasteiger partial charge in [0.1, 0.15) is 5.75 Å². The molecule has 1 aromatic rings. The second-order valence-corrected chi connectivity index (χ2v) is 6.24. The molecular formula is C19H30O2. The van der Waals surface area contributed by atoms with Crippen LogP contribution < -0.4 is 4.74 Å². The van der Waals surface area contributed by atoms with Crippen LogP contribution in [-0.4, -0.2) is 11.7 Å². The Morgan fingerprint density at radius 3 is 2.52 bits per heavy atom. The van der Waals surface area contributed by atoms with Gasteiger partial charge in [0.25, 0.3) is 0 Å². The molecule has 0 radical (unpaired) electrons. The predicted molar refractivity (Wildman–Crippen MR) is 87.8 cm³/mol. The minimum absolute atomic E-state index is 0.309. The van der Waals surface area contributed by atoms with Crippen molar-refractivity contribution in [3.8, 4) is 5.75 Å². The Hall–Kier alpha value is -1.02. The Morgan fingerprint density at radius 2 is 1.76 bits per heavy atom. The summed E-state index contributed by atoms with van der Waals surface area (Å²) in [5.74, 6) is 0.998. The molecule has 0 spiro atoms. The largest absolute Gasteiger partial charge is 0.493 e. The topological polar surface area (TPSA) is 29.5 Å². The summed E-state index contributed by atoms with van der Waals surface area (Å²) in [6, 6.07) is 6.14. The van der Waals surface area contributed by atoms with E-state index in [0.717, 1.165) is 37.2 Å². The van der Waals surface area contributed by atoms with Crippen molar-refractivity contribution in [3.05, 3.63) is 29.3 Å². The number of fused-ring (bicyclic) bond motifs is 1. The average Bonchev–Trinajstić information content (AvgIpc) is 2.97. The number of ether oxygens (including phenoxy) is 1. The standard InChI is InChI=1S/C19H30O2/c1-2-3-4-5-6-7-8-9-10-18(20)16-11-12-19-17(15-16)13-14-21-19/h11-12,15,18,20H,2-10,13-14H2,1H3. The first-order chi connectivity index (χ1) is 10.3. The molecule has 1 atom stereocenters. The Kier molecular flexibility index (Phi) is 7.08. The van der Waals surface area contributed by atoms with E-state index in [1.165, 1.54) is 50.5 Å². The predicted octanol–water partition coefficient (Wildman–Crippen LogP) is 5.19. The van der Waals surface area contributed by atoms with Crippen molar-refractivity contribution < 1.29 is 9.84 Å². The van der Waals surface area contributed by atoms with Crippen LogP contribution in [0.5, 0.6) is 5.75 Å². The smallest absolute Gasteiger partial charge is 0.122 e. The van der Waals surface area contributed by atoms with Crippen molar-refractivity contribution in [2.24, 2.45) is 0 Å². The highest BCUT2D eigenvalue weighted by Crippen LogP contribution is 2.29. The SMILES string of the molecule is CCCCCCCCCCC(O)c1ccc2c(c1)CCO2. The van der Waals surface area contributed by atoms with Crippen LogP contribution in [0.15, 0.2) is 18.2 Å². The zero-order chi connectivity index (χ0) is 14.9. The van der Waals surface area contributed by atoms with Crippen LogP contribution in [0.3, 0.4) is 0 Å². The quantitative estimate of drug-likeness (QED) is 0.601. The molecule has 1 aliphatic rings. The van der Waals surface area contributed by atoms with E-state index in [-0.39, 0.29) is 6.10 Å². The molecule has 0 amide bonds. The normalized spacial score (nSPS) is 14.8. The first kappa shape index (κ1) is 16.4. The van der Waals surface area contributed by atoms with Crippen LogP contribution in [0.2, 0.25) is 0 Å². The lowest BCUT2D eigenvalue weighted by atomic mass is 9.99. The van der Waals surface area contributed by atoms with Gasteiger partial charge in [-0.3, -0.25) is 0 Å². The van der Waals surface area contributed by atoms with E-state index < -0.39 is 0 Å². The van der Waals surface area contributed by atoms with Crippen LogP contribution >= 0.6 is 0 Å². The van der Waals surface area contributed by atoms with Crippen LogP contribution in [0.25, 0.3) is 0 Å². The summed E-state index contributed by atoms with van der Waals surface area (Å²) in [5, 5.41) is 10.3. The molecule has 118 valence electrons. The summed E-state index contributed by atoms with van der Waals surface area (Å²) in [6.45, 7) is 3.04. The summed E-state index contributed by atoms with van der Waals surface area (Å²) >= 11 is 0. The molecule has 2 nitrogen and oxygen atoms in total. The lowest BCUT2D eigenvalue weighted by Gasteiger charge is -2.12. The molecule has 2 rings (SSSR count). The summed E-state index contributed by atoms with van der Waals surface area (Å²) in [4.78, 5) is 0. The maximum absolute atomic E-state index is 10.3. The molecule has 0 saturated carbocycles. The molecule has 2 heteroatoms. The second kappa shape index (κ2) is 9.09. The van der Waals surface area contributed by atoms with E-state index in [1.54, 1.807) is 0 Å². The van der Waals surface area contributed by atoms with E-state index in [4.69, 9.17) is 4.74 Å². The summed E-state index contributed by atoms with van der Waals surface area (Å²) in [6.07, 6.45) is 12.1. The highest BCUT2D eigenvalue weighted by atomic mass is 16.5. The summed E-state index contributed by atoms with van der Waals surface area (Å²) in [7, 11) is 0. The van der Waals surface area contributed by atoms with Gasteiger partial charge in [-0.05, 0) is 29.7 Å². The lowest BCUT2D eigenvalue weighted by Crippen LogP contribution is -1.98. The first-order valence-electron chi connectivity index (χ1n) is 8.75. The molecule has 1 heterocycles. The van der Waals surface area contributed by atoms with Crippen molar-refractivity contribution in [1.29, 1.82) is 0 Å². The van der Waals surface area contributed by atoms with Gasteiger partial charge in [0, 0.05) is 6.42 Å². The zero-order valence-corrected chi connectivity index (χ0v) is 13.4. The number of benzene rings is 1. The van der Waals surface area contributed by atoms with Crippen molar-refractivity contribution in [3.63, 3.8) is 0 Å².